The van der Waals surface area contributed by atoms with Gasteiger partial charge in [-0.2, -0.15) is 0 Å². The van der Waals surface area contributed by atoms with Gasteiger partial charge in [-0.1, -0.05) is 18.2 Å². The number of nitrogens with two attached hydrogens (primary N) is 1. The quantitative estimate of drug-likeness (QED) is 0.666. The van der Waals surface area contributed by atoms with Crippen molar-refractivity contribution in [3.8, 4) is 5.75 Å². The standard InChI is InChI=1S/C18H17N3O3S/c19-13-10-20-14-5-6-16-12(7-8-25(16,23)24)17(14)18(13)21-9-11-3-1-2-4-15(11)22/h1-6,10,22H,7-9,19H2,(H,20,21). The summed E-state index contributed by atoms with van der Waals surface area (Å²) >= 11 is 0. The van der Waals surface area contributed by atoms with Crippen LogP contribution >= 0.6 is 0 Å². The average molecular weight is 355 g/mol. The van der Waals surface area contributed by atoms with Gasteiger partial charge in [-0.25, -0.2) is 8.42 Å². The molecule has 0 saturated carbocycles. The molecule has 7 heteroatoms. The molecule has 4 N–H and O–H groups in total. The van der Waals surface area contributed by atoms with Crippen molar-refractivity contribution >= 4 is 32.1 Å². The van der Waals surface area contributed by atoms with Crippen LogP contribution in [0.3, 0.4) is 0 Å². The van der Waals surface area contributed by atoms with E-state index in [1.54, 1.807) is 30.5 Å². The van der Waals surface area contributed by atoms with Crippen LogP contribution in [0.2, 0.25) is 0 Å². The summed E-state index contributed by atoms with van der Waals surface area (Å²) in [5.41, 5.74) is 9.40. The zero-order chi connectivity index (χ0) is 17.6. The molecule has 0 saturated heterocycles. The maximum Gasteiger partial charge on any atom is 0.179 e. The average Bonchev–Trinajstić information content (AvgIpc) is 2.90. The maximum atomic E-state index is 12.2. The zero-order valence-corrected chi connectivity index (χ0v) is 14.2. The fraction of sp³-hybridized carbons (Fsp3) is 0.167. The highest BCUT2D eigenvalue weighted by molar-refractivity contribution is 7.91. The smallest absolute Gasteiger partial charge is 0.179 e. The molecule has 0 bridgehead atoms. The summed E-state index contributed by atoms with van der Waals surface area (Å²) in [5.74, 6) is 0.301. The number of aryl methyl sites for hydroxylation is 1. The Labute approximate surface area is 145 Å². The number of hydrogen-bond acceptors (Lipinski definition) is 6. The van der Waals surface area contributed by atoms with Gasteiger partial charge in [0.2, 0.25) is 0 Å². The molecule has 0 radical (unpaired) electrons. The Morgan fingerprint density at radius 1 is 1.20 bits per heavy atom. The normalized spacial score (nSPS) is 15.2. The largest absolute Gasteiger partial charge is 0.508 e. The van der Waals surface area contributed by atoms with Crippen molar-refractivity contribution in [1.29, 1.82) is 0 Å². The van der Waals surface area contributed by atoms with Gasteiger partial charge >= 0.3 is 0 Å². The molecular weight excluding hydrogens is 338 g/mol. The van der Waals surface area contributed by atoms with E-state index in [1.807, 2.05) is 12.1 Å². The van der Waals surface area contributed by atoms with E-state index in [4.69, 9.17) is 5.73 Å². The Balaban J connectivity index is 1.85. The van der Waals surface area contributed by atoms with Crippen LogP contribution in [0.25, 0.3) is 10.9 Å². The fourth-order valence-electron chi connectivity index (χ4n) is 3.27. The number of nitrogen functional groups attached to an aromatic ring is 1. The van der Waals surface area contributed by atoms with Crippen molar-refractivity contribution in [2.45, 2.75) is 17.9 Å². The van der Waals surface area contributed by atoms with Crippen LogP contribution in [0.4, 0.5) is 11.4 Å². The SMILES string of the molecule is Nc1cnc2ccc3c(c2c1NCc1ccccc1O)CCS3(=O)=O. The van der Waals surface area contributed by atoms with E-state index in [0.717, 1.165) is 16.5 Å². The van der Waals surface area contributed by atoms with E-state index in [1.165, 1.54) is 0 Å². The summed E-state index contributed by atoms with van der Waals surface area (Å²) in [4.78, 5) is 4.69. The van der Waals surface area contributed by atoms with Crippen LogP contribution in [-0.4, -0.2) is 24.3 Å². The van der Waals surface area contributed by atoms with Crippen molar-refractivity contribution in [2.75, 3.05) is 16.8 Å². The van der Waals surface area contributed by atoms with Crippen LogP contribution in [0.15, 0.2) is 47.5 Å². The molecule has 0 aliphatic carbocycles. The van der Waals surface area contributed by atoms with E-state index in [2.05, 4.69) is 10.3 Å². The molecule has 0 amide bonds. The lowest BCUT2D eigenvalue weighted by Gasteiger charge is -2.15. The Morgan fingerprint density at radius 3 is 2.80 bits per heavy atom. The molecule has 128 valence electrons. The van der Waals surface area contributed by atoms with Gasteiger partial charge in [0, 0.05) is 17.5 Å². The van der Waals surface area contributed by atoms with E-state index < -0.39 is 9.84 Å². The van der Waals surface area contributed by atoms with E-state index in [0.29, 0.717) is 34.8 Å². The van der Waals surface area contributed by atoms with E-state index in [9.17, 15) is 13.5 Å². The van der Waals surface area contributed by atoms with Gasteiger partial charge < -0.3 is 16.2 Å². The minimum absolute atomic E-state index is 0.106. The second-order valence-corrected chi connectivity index (χ2v) is 8.15. The van der Waals surface area contributed by atoms with Crippen LogP contribution < -0.4 is 11.1 Å². The number of nitrogens with zero attached hydrogens (tertiary/aromatic N) is 1. The minimum Gasteiger partial charge on any atom is -0.508 e. The van der Waals surface area contributed by atoms with Crippen molar-refractivity contribution < 1.29 is 13.5 Å². The molecule has 6 nitrogen and oxygen atoms in total. The first-order valence-electron chi connectivity index (χ1n) is 7.91. The first kappa shape index (κ1) is 15.7. The summed E-state index contributed by atoms with van der Waals surface area (Å²) in [6.45, 7) is 0.367. The number of hydrogen-bond donors (Lipinski definition) is 3. The molecular formula is C18H17N3O3S. The van der Waals surface area contributed by atoms with Gasteiger partial charge in [0.15, 0.2) is 9.84 Å². The highest BCUT2D eigenvalue weighted by Gasteiger charge is 2.29. The summed E-state index contributed by atoms with van der Waals surface area (Å²) < 4.78 is 24.4. The molecule has 2 heterocycles. The number of pyridine rings is 1. The van der Waals surface area contributed by atoms with E-state index >= 15 is 0 Å². The second-order valence-electron chi connectivity index (χ2n) is 6.08. The Bertz CT molecular complexity index is 1090. The topological polar surface area (TPSA) is 105 Å². The summed E-state index contributed by atoms with van der Waals surface area (Å²) in [6.07, 6.45) is 2.01. The van der Waals surface area contributed by atoms with Crippen molar-refractivity contribution in [1.82, 2.24) is 4.98 Å². The Hall–Kier alpha value is -2.80. The van der Waals surface area contributed by atoms with E-state index in [-0.39, 0.29) is 11.5 Å². The first-order chi connectivity index (χ1) is 12.0. The first-order valence-corrected chi connectivity index (χ1v) is 9.56. The fourth-order valence-corrected chi connectivity index (χ4v) is 4.82. The van der Waals surface area contributed by atoms with Crippen molar-refractivity contribution in [3.63, 3.8) is 0 Å². The monoisotopic (exact) mass is 355 g/mol. The van der Waals surface area contributed by atoms with Gasteiger partial charge in [-0.05, 0) is 30.2 Å². The summed E-state index contributed by atoms with van der Waals surface area (Å²) in [7, 11) is -3.24. The second kappa shape index (κ2) is 5.63. The maximum absolute atomic E-state index is 12.2. The predicted molar refractivity (Wildman–Crippen MR) is 97.3 cm³/mol. The molecule has 4 rings (SSSR count). The number of sulfone groups is 1. The summed E-state index contributed by atoms with van der Waals surface area (Å²) in [5, 5.41) is 13.9. The third-order valence-corrected chi connectivity index (χ3v) is 6.33. The number of nitrogens with one attached hydrogen (secondary N) is 1. The van der Waals surface area contributed by atoms with Gasteiger partial charge in [0.1, 0.15) is 5.75 Å². The summed E-state index contributed by atoms with van der Waals surface area (Å²) in [6, 6.07) is 10.4. The Morgan fingerprint density at radius 2 is 2.00 bits per heavy atom. The molecule has 1 aliphatic heterocycles. The van der Waals surface area contributed by atoms with Crippen LogP contribution in [-0.2, 0) is 22.8 Å². The number of benzene rings is 2. The van der Waals surface area contributed by atoms with Crippen molar-refractivity contribution in [3.05, 3.63) is 53.7 Å². The number of fused-ring (bicyclic) bond motifs is 3. The van der Waals surface area contributed by atoms with Crippen LogP contribution in [0.1, 0.15) is 11.1 Å². The molecule has 2 aromatic carbocycles. The number of aromatic hydroxyl groups is 1. The lowest BCUT2D eigenvalue weighted by Crippen LogP contribution is -2.05. The van der Waals surface area contributed by atoms with Crippen molar-refractivity contribution in [2.24, 2.45) is 0 Å². The number of rotatable bonds is 3. The zero-order valence-electron chi connectivity index (χ0n) is 13.4. The third kappa shape index (κ3) is 2.56. The highest BCUT2D eigenvalue weighted by Crippen LogP contribution is 2.38. The highest BCUT2D eigenvalue weighted by atomic mass is 32.2. The third-order valence-electron chi connectivity index (χ3n) is 4.53. The molecule has 0 unspecified atom stereocenters. The number of aromatic nitrogens is 1. The molecule has 3 aromatic rings. The number of para-hydroxylation sites is 1. The predicted octanol–water partition coefficient (Wildman–Crippen LogP) is 2.46. The molecule has 1 aliphatic rings. The number of phenolic OH excluding ortho intramolecular Hbond substituents is 1. The van der Waals surface area contributed by atoms with Gasteiger partial charge in [0.25, 0.3) is 0 Å². The molecule has 0 atom stereocenters. The lowest BCUT2D eigenvalue weighted by atomic mass is 10.0. The lowest BCUT2D eigenvalue weighted by molar-refractivity contribution is 0.469. The molecule has 1 aromatic heterocycles. The van der Waals surface area contributed by atoms with Crippen LogP contribution in [0, 0.1) is 0 Å². The number of phenols is 1. The van der Waals surface area contributed by atoms with Gasteiger partial charge in [-0.3, -0.25) is 4.98 Å². The van der Waals surface area contributed by atoms with Gasteiger partial charge in [-0.15, -0.1) is 0 Å². The van der Waals surface area contributed by atoms with Gasteiger partial charge in [0.05, 0.1) is 33.7 Å². The molecule has 0 spiro atoms. The Kier molecular flexibility index (Phi) is 3.54. The minimum atomic E-state index is -3.24. The molecule has 25 heavy (non-hydrogen) atoms. The number of anilines is 2. The molecule has 0 fully saturated rings. The van der Waals surface area contributed by atoms with Crippen LogP contribution in [0.5, 0.6) is 5.75 Å².